The number of likely N-dealkylation sites (tertiary alicyclic amines) is 1. The first-order chi connectivity index (χ1) is 13.9. The highest BCUT2D eigenvalue weighted by molar-refractivity contribution is 14.0. The number of hydrogen-bond donors (Lipinski definition) is 2. The van der Waals surface area contributed by atoms with Crippen LogP contribution in [0.25, 0.3) is 0 Å². The van der Waals surface area contributed by atoms with E-state index in [0.717, 1.165) is 44.2 Å². The Morgan fingerprint density at radius 2 is 2.03 bits per heavy atom. The molecule has 1 aliphatic heterocycles. The van der Waals surface area contributed by atoms with E-state index in [1.54, 1.807) is 19.0 Å². The molecule has 1 aromatic rings. The third-order valence-corrected chi connectivity index (χ3v) is 4.96. The van der Waals surface area contributed by atoms with Crippen LogP contribution in [-0.4, -0.2) is 80.6 Å². The number of halogens is 1. The first-order valence-corrected chi connectivity index (χ1v) is 10.6. The van der Waals surface area contributed by atoms with Crippen LogP contribution < -0.4 is 15.4 Å². The van der Waals surface area contributed by atoms with E-state index in [-0.39, 0.29) is 36.0 Å². The van der Waals surface area contributed by atoms with E-state index in [9.17, 15) is 4.79 Å². The highest BCUT2D eigenvalue weighted by Crippen LogP contribution is 2.14. The van der Waals surface area contributed by atoms with Gasteiger partial charge in [0.25, 0.3) is 0 Å². The lowest BCUT2D eigenvalue weighted by molar-refractivity contribution is -0.130. The van der Waals surface area contributed by atoms with Gasteiger partial charge in [0.2, 0.25) is 5.91 Å². The number of benzene rings is 1. The van der Waals surface area contributed by atoms with Gasteiger partial charge in [-0.25, -0.2) is 4.99 Å². The van der Waals surface area contributed by atoms with Gasteiger partial charge in [0.05, 0.1) is 13.1 Å². The summed E-state index contributed by atoms with van der Waals surface area (Å²) in [7, 11) is 3.61. The van der Waals surface area contributed by atoms with E-state index in [1.807, 2.05) is 25.1 Å². The van der Waals surface area contributed by atoms with Crippen molar-refractivity contribution in [2.75, 3.05) is 46.8 Å². The second kappa shape index (κ2) is 13.7. The molecule has 1 aliphatic rings. The molecular formula is C22H38IN5O2. The first-order valence-electron chi connectivity index (χ1n) is 10.6. The van der Waals surface area contributed by atoms with Crippen molar-refractivity contribution in [1.82, 2.24) is 20.4 Å². The molecule has 1 unspecified atom stereocenters. The molecule has 0 radical (unpaired) electrons. The molecule has 1 amide bonds. The summed E-state index contributed by atoms with van der Waals surface area (Å²) < 4.78 is 5.98. The lowest BCUT2D eigenvalue weighted by atomic mass is 10.1. The number of ether oxygens (including phenoxy) is 1. The molecule has 8 heteroatoms. The van der Waals surface area contributed by atoms with Crippen molar-refractivity contribution in [3.05, 3.63) is 29.8 Å². The van der Waals surface area contributed by atoms with Gasteiger partial charge in [-0.1, -0.05) is 12.1 Å². The SMILES string of the molecule is CCNC(=NCC(C)Oc1cccc(C)c1)NC1CCN(CC(=O)N(C)C)CC1.I. The molecule has 1 atom stereocenters. The molecule has 30 heavy (non-hydrogen) atoms. The summed E-state index contributed by atoms with van der Waals surface area (Å²) in [5, 5.41) is 6.87. The number of carbonyl (C=O) groups is 1. The molecule has 2 rings (SSSR count). The van der Waals surface area contributed by atoms with Crippen LogP contribution in [0.5, 0.6) is 5.75 Å². The fourth-order valence-electron chi connectivity index (χ4n) is 3.26. The van der Waals surface area contributed by atoms with Gasteiger partial charge in [0.15, 0.2) is 5.96 Å². The van der Waals surface area contributed by atoms with Gasteiger partial charge in [-0.05, 0) is 51.3 Å². The zero-order chi connectivity index (χ0) is 21.2. The quantitative estimate of drug-likeness (QED) is 0.307. The fourth-order valence-corrected chi connectivity index (χ4v) is 3.26. The van der Waals surface area contributed by atoms with Gasteiger partial charge >= 0.3 is 0 Å². The molecule has 2 N–H and O–H groups in total. The Hall–Kier alpha value is -1.55. The minimum Gasteiger partial charge on any atom is -0.489 e. The third kappa shape index (κ3) is 9.51. The summed E-state index contributed by atoms with van der Waals surface area (Å²) in [6, 6.07) is 8.45. The Labute approximate surface area is 198 Å². The molecule has 170 valence electrons. The topological polar surface area (TPSA) is 69.2 Å². The zero-order valence-electron chi connectivity index (χ0n) is 19.0. The number of nitrogens with zero attached hydrogens (tertiary/aromatic N) is 3. The van der Waals surface area contributed by atoms with Gasteiger partial charge in [0, 0.05) is 39.8 Å². The molecule has 0 spiro atoms. The second-order valence-electron chi connectivity index (χ2n) is 7.95. The Kier molecular flexibility index (Phi) is 12.1. The van der Waals surface area contributed by atoms with Crippen molar-refractivity contribution in [2.24, 2.45) is 4.99 Å². The summed E-state index contributed by atoms with van der Waals surface area (Å²) in [6.07, 6.45) is 1.99. The van der Waals surface area contributed by atoms with E-state index >= 15 is 0 Å². The predicted octanol–water partition coefficient (Wildman–Crippen LogP) is 2.49. The number of nitrogens with one attached hydrogen (secondary N) is 2. The predicted molar refractivity (Wildman–Crippen MR) is 134 cm³/mol. The van der Waals surface area contributed by atoms with E-state index in [0.29, 0.717) is 19.1 Å². The van der Waals surface area contributed by atoms with Crippen molar-refractivity contribution >= 4 is 35.8 Å². The van der Waals surface area contributed by atoms with Crippen LogP contribution in [0.4, 0.5) is 0 Å². The average Bonchev–Trinajstić information content (AvgIpc) is 2.67. The Balaban J connectivity index is 0.00000450. The highest BCUT2D eigenvalue weighted by atomic mass is 127. The number of rotatable bonds is 8. The van der Waals surface area contributed by atoms with Gasteiger partial charge in [0.1, 0.15) is 11.9 Å². The number of hydrogen-bond acceptors (Lipinski definition) is 4. The number of aliphatic imine (C=N–C) groups is 1. The number of guanidine groups is 1. The Morgan fingerprint density at radius 3 is 2.63 bits per heavy atom. The minimum atomic E-state index is -0.00820. The molecule has 1 saturated heterocycles. The van der Waals surface area contributed by atoms with E-state index < -0.39 is 0 Å². The van der Waals surface area contributed by atoms with Crippen molar-refractivity contribution in [3.63, 3.8) is 0 Å². The van der Waals surface area contributed by atoms with Crippen molar-refractivity contribution in [2.45, 2.75) is 45.8 Å². The Morgan fingerprint density at radius 1 is 1.33 bits per heavy atom. The molecule has 1 aromatic carbocycles. The summed E-state index contributed by atoms with van der Waals surface area (Å²) in [4.78, 5) is 20.5. The molecule has 0 bridgehead atoms. The van der Waals surface area contributed by atoms with E-state index in [2.05, 4.69) is 35.4 Å². The van der Waals surface area contributed by atoms with E-state index in [1.165, 1.54) is 5.56 Å². The molecule has 0 aromatic heterocycles. The molecule has 0 aliphatic carbocycles. The lowest BCUT2D eigenvalue weighted by Gasteiger charge is -2.33. The van der Waals surface area contributed by atoms with Crippen molar-refractivity contribution < 1.29 is 9.53 Å². The molecular weight excluding hydrogens is 493 g/mol. The highest BCUT2D eigenvalue weighted by Gasteiger charge is 2.22. The van der Waals surface area contributed by atoms with Crippen LogP contribution in [0.3, 0.4) is 0 Å². The Bertz CT molecular complexity index is 675. The molecule has 1 fully saturated rings. The fraction of sp³-hybridized carbons (Fsp3) is 0.636. The van der Waals surface area contributed by atoms with Crippen LogP contribution in [0, 0.1) is 6.92 Å². The van der Waals surface area contributed by atoms with E-state index in [4.69, 9.17) is 9.73 Å². The van der Waals surface area contributed by atoms with Crippen LogP contribution in [-0.2, 0) is 4.79 Å². The molecule has 7 nitrogen and oxygen atoms in total. The van der Waals surface area contributed by atoms with Gasteiger partial charge < -0.3 is 20.3 Å². The maximum Gasteiger partial charge on any atom is 0.236 e. The number of carbonyl (C=O) groups excluding carboxylic acids is 1. The summed E-state index contributed by atoms with van der Waals surface area (Å²) in [5.41, 5.74) is 1.19. The number of piperidine rings is 1. The van der Waals surface area contributed by atoms with Crippen LogP contribution in [0.15, 0.2) is 29.3 Å². The molecule has 1 heterocycles. The number of likely N-dealkylation sites (N-methyl/N-ethyl adjacent to an activating group) is 1. The van der Waals surface area contributed by atoms with Crippen molar-refractivity contribution in [1.29, 1.82) is 0 Å². The number of amides is 1. The van der Waals surface area contributed by atoms with Crippen molar-refractivity contribution in [3.8, 4) is 5.75 Å². The minimum absolute atomic E-state index is 0. The largest absolute Gasteiger partial charge is 0.489 e. The van der Waals surface area contributed by atoms with Gasteiger partial charge in [-0.2, -0.15) is 0 Å². The smallest absolute Gasteiger partial charge is 0.236 e. The monoisotopic (exact) mass is 531 g/mol. The van der Waals surface area contributed by atoms with Gasteiger partial charge in [-0.3, -0.25) is 9.69 Å². The van der Waals surface area contributed by atoms with Gasteiger partial charge in [-0.15, -0.1) is 24.0 Å². The zero-order valence-corrected chi connectivity index (χ0v) is 21.3. The molecule has 0 saturated carbocycles. The normalized spacial score (nSPS) is 16.4. The summed E-state index contributed by atoms with van der Waals surface area (Å²) in [5.74, 6) is 1.87. The lowest BCUT2D eigenvalue weighted by Crippen LogP contribution is -2.50. The number of aryl methyl sites for hydroxylation is 1. The maximum atomic E-state index is 11.9. The summed E-state index contributed by atoms with van der Waals surface area (Å²) in [6.45, 7) is 9.91. The average molecular weight is 531 g/mol. The first kappa shape index (κ1) is 26.5. The third-order valence-electron chi connectivity index (χ3n) is 4.96. The van der Waals surface area contributed by atoms with Crippen LogP contribution >= 0.6 is 24.0 Å². The summed E-state index contributed by atoms with van der Waals surface area (Å²) >= 11 is 0. The standard InChI is InChI=1S/C22H37N5O2.HI/c1-6-23-22(24-15-18(3)29-20-9-7-8-17(2)14-20)25-19-10-12-27(13-11-19)16-21(28)26(4)5;/h7-9,14,18-19H,6,10-13,15-16H2,1-5H3,(H2,23,24,25);1H. The van der Waals surface area contributed by atoms with Crippen LogP contribution in [0.2, 0.25) is 0 Å². The second-order valence-corrected chi connectivity index (χ2v) is 7.95. The van der Waals surface area contributed by atoms with Crippen LogP contribution in [0.1, 0.15) is 32.3 Å². The maximum absolute atomic E-state index is 11.9.